The Morgan fingerprint density at radius 1 is 1.73 bits per heavy atom. The molecule has 1 rings (SSSR count). The van der Waals surface area contributed by atoms with Crippen LogP contribution in [-0.4, -0.2) is 21.0 Å². The molecule has 11 heavy (non-hydrogen) atoms. The summed E-state index contributed by atoms with van der Waals surface area (Å²) in [6, 6.07) is 0.247. The number of aryl methyl sites for hydroxylation is 2. The van der Waals surface area contributed by atoms with Crippen LogP contribution in [-0.2, 0) is 13.5 Å². The highest BCUT2D eigenvalue weighted by molar-refractivity contribution is 4.92. The maximum Gasteiger partial charge on any atom is 0.0827 e. The van der Waals surface area contributed by atoms with Crippen LogP contribution in [0.15, 0.2) is 6.20 Å². The Balaban J connectivity index is 2.39. The van der Waals surface area contributed by atoms with Crippen LogP contribution in [0.1, 0.15) is 19.0 Å². The molecule has 1 atom stereocenters. The molecule has 0 aliphatic heterocycles. The summed E-state index contributed by atoms with van der Waals surface area (Å²) >= 11 is 0. The minimum atomic E-state index is 0.247. The Morgan fingerprint density at radius 3 is 2.91 bits per heavy atom. The van der Waals surface area contributed by atoms with Gasteiger partial charge in [0.25, 0.3) is 0 Å². The Morgan fingerprint density at radius 2 is 2.45 bits per heavy atom. The molecule has 1 unspecified atom stereocenters. The van der Waals surface area contributed by atoms with Gasteiger partial charge in [0.15, 0.2) is 0 Å². The van der Waals surface area contributed by atoms with E-state index in [0.29, 0.717) is 0 Å². The maximum atomic E-state index is 5.59. The van der Waals surface area contributed by atoms with Crippen LogP contribution in [0, 0.1) is 0 Å². The van der Waals surface area contributed by atoms with Gasteiger partial charge in [-0.3, -0.25) is 4.68 Å². The minimum Gasteiger partial charge on any atom is -0.328 e. The highest BCUT2D eigenvalue weighted by Gasteiger charge is 1.99. The maximum absolute atomic E-state index is 5.59. The van der Waals surface area contributed by atoms with Crippen molar-refractivity contribution in [3.63, 3.8) is 0 Å². The van der Waals surface area contributed by atoms with Crippen LogP contribution in [0.4, 0.5) is 0 Å². The zero-order valence-electron chi connectivity index (χ0n) is 6.99. The molecular formula is C7H14N4. The van der Waals surface area contributed by atoms with E-state index in [0.717, 1.165) is 18.5 Å². The first kappa shape index (κ1) is 8.20. The summed E-state index contributed by atoms with van der Waals surface area (Å²) in [5.74, 6) is 0. The Labute approximate surface area is 66.4 Å². The predicted octanol–water partition coefficient (Wildman–Crippen LogP) is 0.0949. The largest absolute Gasteiger partial charge is 0.328 e. The molecule has 0 aliphatic carbocycles. The van der Waals surface area contributed by atoms with E-state index >= 15 is 0 Å². The van der Waals surface area contributed by atoms with Gasteiger partial charge in [-0.15, -0.1) is 5.10 Å². The summed E-state index contributed by atoms with van der Waals surface area (Å²) in [6.07, 6.45) is 3.81. The molecule has 0 aromatic carbocycles. The summed E-state index contributed by atoms with van der Waals surface area (Å²) in [4.78, 5) is 0. The molecule has 0 saturated carbocycles. The molecule has 0 aliphatic rings. The van der Waals surface area contributed by atoms with E-state index in [2.05, 4.69) is 10.3 Å². The van der Waals surface area contributed by atoms with Crippen molar-refractivity contribution in [2.45, 2.75) is 25.8 Å². The second kappa shape index (κ2) is 3.48. The van der Waals surface area contributed by atoms with Crippen molar-refractivity contribution < 1.29 is 0 Å². The molecule has 0 spiro atoms. The molecule has 4 heteroatoms. The summed E-state index contributed by atoms with van der Waals surface area (Å²) in [5.41, 5.74) is 6.61. The Bertz CT molecular complexity index is 216. The zero-order valence-corrected chi connectivity index (χ0v) is 6.99. The van der Waals surface area contributed by atoms with Gasteiger partial charge in [0.1, 0.15) is 0 Å². The number of hydrogen-bond acceptors (Lipinski definition) is 3. The molecule has 1 aromatic heterocycles. The first-order valence-electron chi connectivity index (χ1n) is 3.79. The van der Waals surface area contributed by atoms with Crippen LogP contribution in [0.25, 0.3) is 0 Å². The third-order valence-electron chi connectivity index (χ3n) is 1.51. The van der Waals surface area contributed by atoms with Crippen LogP contribution in [0.5, 0.6) is 0 Å². The molecule has 4 nitrogen and oxygen atoms in total. The Hall–Kier alpha value is -0.900. The van der Waals surface area contributed by atoms with Crippen LogP contribution in [0.2, 0.25) is 0 Å². The van der Waals surface area contributed by atoms with Gasteiger partial charge in [-0.05, 0) is 19.8 Å². The van der Waals surface area contributed by atoms with Crippen molar-refractivity contribution in [1.29, 1.82) is 0 Å². The van der Waals surface area contributed by atoms with Gasteiger partial charge in [-0.25, -0.2) is 0 Å². The van der Waals surface area contributed by atoms with Crippen molar-refractivity contribution in [3.8, 4) is 0 Å². The van der Waals surface area contributed by atoms with E-state index in [1.54, 1.807) is 4.68 Å². The third-order valence-corrected chi connectivity index (χ3v) is 1.51. The molecule has 0 amide bonds. The normalized spacial score (nSPS) is 13.4. The van der Waals surface area contributed by atoms with Gasteiger partial charge in [-0.1, -0.05) is 5.21 Å². The van der Waals surface area contributed by atoms with Gasteiger partial charge in [-0.2, -0.15) is 0 Å². The quantitative estimate of drug-likeness (QED) is 0.671. The number of nitrogens with two attached hydrogens (primary N) is 1. The number of rotatable bonds is 3. The number of hydrogen-bond donors (Lipinski definition) is 1. The fourth-order valence-corrected chi connectivity index (χ4v) is 0.885. The van der Waals surface area contributed by atoms with Gasteiger partial charge < -0.3 is 5.73 Å². The SMILES string of the molecule is CC(N)CCc1cn(C)nn1. The van der Waals surface area contributed by atoms with Crippen molar-refractivity contribution in [2.24, 2.45) is 12.8 Å². The zero-order chi connectivity index (χ0) is 8.27. The number of aromatic nitrogens is 3. The van der Waals surface area contributed by atoms with E-state index in [1.165, 1.54) is 0 Å². The van der Waals surface area contributed by atoms with Crippen molar-refractivity contribution in [1.82, 2.24) is 15.0 Å². The van der Waals surface area contributed by atoms with E-state index in [4.69, 9.17) is 5.73 Å². The van der Waals surface area contributed by atoms with Crippen molar-refractivity contribution in [2.75, 3.05) is 0 Å². The van der Waals surface area contributed by atoms with Gasteiger partial charge in [0.05, 0.1) is 5.69 Å². The lowest BCUT2D eigenvalue weighted by atomic mass is 10.2. The summed E-state index contributed by atoms with van der Waals surface area (Å²) in [5, 5.41) is 7.77. The molecule has 62 valence electrons. The molecule has 0 bridgehead atoms. The second-order valence-corrected chi connectivity index (χ2v) is 2.90. The first-order chi connectivity index (χ1) is 5.18. The van der Waals surface area contributed by atoms with Gasteiger partial charge in [0.2, 0.25) is 0 Å². The van der Waals surface area contributed by atoms with E-state index < -0.39 is 0 Å². The average molecular weight is 154 g/mol. The van der Waals surface area contributed by atoms with Gasteiger partial charge in [0, 0.05) is 19.3 Å². The topological polar surface area (TPSA) is 56.7 Å². The van der Waals surface area contributed by atoms with Crippen LogP contribution < -0.4 is 5.73 Å². The monoisotopic (exact) mass is 154 g/mol. The summed E-state index contributed by atoms with van der Waals surface area (Å²) in [7, 11) is 1.86. The Kier molecular flexibility index (Phi) is 2.59. The average Bonchev–Trinajstić information content (AvgIpc) is 2.31. The lowest BCUT2D eigenvalue weighted by molar-refractivity contribution is 0.656. The van der Waals surface area contributed by atoms with Crippen molar-refractivity contribution in [3.05, 3.63) is 11.9 Å². The molecule has 0 saturated heterocycles. The fourth-order valence-electron chi connectivity index (χ4n) is 0.885. The second-order valence-electron chi connectivity index (χ2n) is 2.90. The third kappa shape index (κ3) is 2.67. The van der Waals surface area contributed by atoms with Crippen molar-refractivity contribution >= 4 is 0 Å². The van der Waals surface area contributed by atoms with Crippen LogP contribution >= 0.6 is 0 Å². The van der Waals surface area contributed by atoms with E-state index in [9.17, 15) is 0 Å². The molecule has 1 heterocycles. The summed E-state index contributed by atoms with van der Waals surface area (Å²) in [6.45, 7) is 2.00. The molecule has 0 fully saturated rings. The smallest absolute Gasteiger partial charge is 0.0827 e. The predicted molar refractivity (Wildman–Crippen MR) is 43.0 cm³/mol. The molecule has 2 N–H and O–H groups in total. The standard InChI is InChI=1S/C7H14N4/c1-6(8)3-4-7-5-11(2)10-9-7/h5-6H,3-4,8H2,1-2H3. The molecular weight excluding hydrogens is 140 g/mol. The lowest BCUT2D eigenvalue weighted by Gasteiger charge is -1.99. The number of nitrogens with zero attached hydrogens (tertiary/aromatic N) is 3. The summed E-state index contributed by atoms with van der Waals surface area (Å²) < 4.78 is 1.70. The highest BCUT2D eigenvalue weighted by atomic mass is 15.4. The minimum absolute atomic E-state index is 0.247. The van der Waals surface area contributed by atoms with Crippen LogP contribution in [0.3, 0.4) is 0 Å². The van der Waals surface area contributed by atoms with E-state index in [1.807, 2.05) is 20.2 Å². The van der Waals surface area contributed by atoms with Gasteiger partial charge >= 0.3 is 0 Å². The fraction of sp³-hybridized carbons (Fsp3) is 0.714. The molecule has 1 aromatic rings. The first-order valence-corrected chi connectivity index (χ1v) is 3.79. The molecule has 0 radical (unpaired) electrons. The van der Waals surface area contributed by atoms with E-state index in [-0.39, 0.29) is 6.04 Å². The lowest BCUT2D eigenvalue weighted by Crippen LogP contribution is -2.15. The highest BCUT2D eigenvalue weighted by Crippen LogP contribution is 1.98.